The Bertz CT molecular complexity index is 958. The summed E-state index contributed by atoms with van der Waals surface area (Å²) in [6.07, 6.45) is 1.15. The Morgan fingerprint density at radius 3 is 2.74 bits per heavy atom. The van der Waals surface area contributed by atoms with Crippen LogP contribution in [0.25, 0.3) is 10.2 Å². The average molecular weight is 396 g/mol. The van der Waals surface area contributed by atoms with Crippen LogP contribution in [0.4, 0.5) is 10.8 Å². The minimum atomic E-state index is 0.606. The second kappa shape index (κ2) is 8.10. The van der Waals surface area contributed by atoms with Crippen molar-refractivity contribution in [2.45, 2.75) is 25.5 Å². The first-order valence-electron chi connectivity index (χ1n) is 8.95. The van der Waals surface area contributed by atoms with Crippen molar-refractivity contribution in [1.82, 2.24) is 4.98 Å². The van der Waals surface area contributed by atoms with Gasteiger partial charge in [-0.15, -0.1) is 0 Å². The van der Waals surface area contributed by atoms with Crippen molar-refractivity contribution in [3.05, 3.63) is 54.1 Å². The number of anilines is 2. The quantitative estimate of drug-likeness (QED) is 0.447. The summed E-state index contributed by atoms with van der Waals surface area (Å²) >= 11 is 3.42. The van der Waals surface area contributed by atoms with Crippen LogP contribution in [0.2, 0.25) is 0 Å². The number of para-hydroxylation sites is 1. The van der Waals surface area contributed by atoms with Gasteiger partial charge in [0, 0.05) is 10.9 Å². The molecule has 2 N–H and O–H groups in total. The van der Waals surface area contributed by atoms with E-state index in [0.29, 0.717) is 5.25 Å². The van der Waals surface area contributed by atoms with Crippen LogP contribution in [0.3, 0.4) is 0 Å². The normalized spacial score (nSPS) is 17.2. The summed E-state index contributed by atoms with van der Waals surface area (Å²) in [6, 6.07) is 16.4. The van der Waals surface area contributed by atoms with E-state index in [1.165, 1.54) is 0 Å². The van der Waals surface area contributed by atoms with Crippen molar-refractivity contribution in [2.75, 3.05) is 17.3 Å². The van der Waals surface area contributed by atoms with E-state index in [-0.39, 0.29) is 0 Å². The zero-order chi connectivity index (χ0) is 18.6. The summed E-state index contributed by atoms with van der Waals surface area (Å²) < 4.78 is 1.15. The summed E-state index contributed by atoms with van der Waals surface area (Å²) in [5.74, 6) is 0. The van der Waals surface area contributed by atoms with Gasteiger partial charge < -0.3 is 5.32 Å². The van der Waals surface area contributed by atoms with E-state index < -0.39 is 0 Å². The van der Waals surface area contributed by atoms with Gasteiger partial charge in [-0.25, -0.2) is 4.98 Å². The molecule has 3 aromatic rings. The third-order valence-electron chi connectivity index (χ3n) is 4.34. The molecule has 0 amide bonds. The molecular formula is C20H21N5S2. The van der Waals surface area contributed by atoms with Gasteiger partial charge in [-0.2, -0.15) is 5.10 Å². The van der Waals surface area contributed by atoms with E-state index in [2.05, 4.69) is 63.1 Å². The second-order valence-corrected chi connectivity index (χ2v) is 8.61. The number of nitrogens with one attached hydrogen (secondary N) is 2. The lowest BCUT2D eigenvalue weighted by Gasteiger charge is -2.08. The zero-order valence-electron chi connectivity index (χ0n) is 15.3. The molecule has 1 atom stereocenters. The van der Waals surface area contributed by atoms with E-state index in [0.717, 1.165) is 50.4 Å². The van der Waals surface area contributed by atoms with Gasteiger partial charge in [-0.1, -0.05) is 54.3 Å². The topological polar surface area (TPSA) is 61.7 Å². The van der Waals surface area contributed by atoms with Crippen molar-refractivity contribution in [3.63, 3.8) is 0 Å². The highest BCUT2D eigenvalue weighted by molar-refractivity contribution is 8.15. The summed E-state index contributed by atoms with van der Waals surface area (Å²) in [6.45, 7) is 5.10. The molecule has 0 bridgehead atoms. The van der Waals surface area contributed by atoms with Gasteiger partial charge in [0.2, 0.25) is 5.13 Å². The van der Waals surface area contributed by atoms with Crippen LogP contribution < -0.4 is 10.7 Å². The van der Waals surface area contributed by atoms with Crippen molar-refractivity contribution in [1.29, 1.82) is 0 Å². The Balaban J connectivity index is 1.39. The summed E-state index contributed by atoms with van der Waals surface area (Å²) in [5, 5.41) is 10.3. The molecule has 0 aliphatic carbocycles. The highest BCUT2D eigenvalue weighted by Crippen LogP contribution is 2.26. The zero-order valence-corrected chi connectivity index (χ0v) is 16.9. The summed E-state index contributed by atoms with van der Waals surface area (Å²) in [4.78, 5) is 9.09. The molecule has 5 nitrogen and oxygen atoms in total. The highest BCUT2D eigenvalue weighted by atomic mass is 32.2. The Kier molecular flexibility index (Phi) is 5.40. The summed E-state index contributed by atoms with van der Waals surface area (Å²) in [7, 11) is 0. The lowest BCUT2D eigenvalue weighted by molar-refractivity contribution is 0.843. The van der Waals surface area contributed by atoms with Crippen LogP contribution in [0, 0.1) is 0 Å². The molecule has 2 heterocycles. The maximum Gasteiger partial charge on any atom is 0.204 e. The standard InChI is InChI=1S/C20H21N5S2/c1-3-16-12-21-19(26-16)22-15-10-8-14(9-11-15)13(2)24-25-20-23-17-6-4-5-7-18(17)27-20/h4-11,16H,3,12H2,1-2H3,(H,21,22)(H,23,25)/b24-13-/t16-/m1/s1. The van der Waals surface area contributed by atoms with E-state index in [4.69, 9.17) is 0 Å². The van der Waals surface area contributed by atoms with Crippen LogP contribution in [0.15, 0.2) is 58.6 Å². The van der Waals surface area contributed by atoms with Crippen LogP contribution in [-0.2, 0) is 0 Å². The molecule has 7 heteroatoms. The van der Waals surface area contributed by atoms with E-state index in [1.54, 1.807) is 11.3 Å². The lowest BCUT2D eigenvalue weighted by atomic mass is 10.1. The van der Waals surface area contributed by atoms with Gasteiger partial charge in [-0.3, -0.25) is 10.4 Å². The highest BCUT2D eigenvalue weighted by Gasteiger charge is 2.17. The fraction of sp³-hybridized carbons (Fsp3) is 0.250. The first-order valence-corrected chi connectivity index (χ1v) is 10.7. The molecule has 4 rings (SSSR count). The average Bonchev–Trinajstić information content (AvgIpc) is 3.32. The number of rotatable bonds is 5. The smallest absolute Gasteiger partial charge is 0.204 e. The number of hydrazone groups is 1. The van der Waals surface area contributed by atoms with Gasteiger partial charge in [0.1, 0.15) is 0 Å². The minimum absolute atomic E-state index is 0.606. The predicted octanol–water partition coefficient (Wildman–Crippen LogP) is 5.43. The number of aliphatic imine (C=N–C) groups is 1. The third kappa shape index (κ3) is 4.31. The van der Waals surface area contributed by atoms with Gasteiger partial charge >= 0.3 is 0 Å². The molecule has 0 unspecified atom stereocenters. The Morgan fingerprint density at radius 1 is 1.19 bits per heavy atom. The molecule has 0 saturated carbocycles. The second-order valence-electron chi connectivity index (χ2n) is 6.29. The Morgan fingerprint density at radius 2 is 2.00 bits per heavy atom. The van der Waals surface area contributed by atoms with E-state index >= 15 is 0 Å². The number of hydrogen-bond acceptors (Lipinski definition) is 7. The van der Waals surface area contributed by atoms with E-state index in [1.807, 2.05) is 36.9 Å². The van der Waals surface area contributed by atoms with E-state index in [9.17, 15) is 0 Å². The fourth-order valence-corrected chi connectivity index (χ4v) is 4.50. The van der Waals surface area contributed by atoms with Crippen molar-refractivity contribution in [2.24, 2.45) is 10.1 Å². The van der Waals surface area contributed by atoms with Gasteiger partial charge in [0.05, 0.1) is 22.5 Å². The fourth-order valence-electron chi connectivity index (χ4n) is 2.73. The van der Waals surface area contributed by atoms with Crippen molar-refractivity contribution in [3.8, 4) is 0 Å². The van der Waals surface area contributed by atoms with Crippen LogP contribution >= 0.6 is 23.1 Å². The molecule has 0 radical (unpaired) electrons. The molecule has 1 aromatic heterocycles. The maximum atomic E-state index is 4.55. The van der Waals surface area contributed by atoms with Gasteiger partial charge in [0.15, 0.2) is 5.17 Å². The number of nitrogens with zero attached hydrogens (tertiary/aromatic N) is 3. The number of hydrogen-bond donors (Lipinski definition) is 2. The maximum absolute atomic E-state index is 4.55. The predicted molar refractivity (Wildman–Crippen MR) is 119 cm³/mol. The first-order chi connectivity index (χ1) is 13.2. The van der Waals surface area contributed by atoms with Crippen molar-refractivity contribution < 1.29 is 0 Å². The number of aromatic nitrogens is 1. The molecule has 0 fully saturated rings. The molecule has 0 saturated heterocycles. The molecule has 138 valence electrons. The Hall–Kier alpha value is -2.38. The first kappa shape index (κ1) is 18.0. The van der Waals surface area contributed by atoms with Crippen molar-refractivity contribution >= 4 is 55.0 Å². The van der Waals surface area contributed by atoms with Crippen LogP contribution in [0.1, 0.15) is 25.8 Å². The third-order valence-corrected chi connectivity index (χ3v) is 6.55. The van der Waals surface area contributed by atoms with Crippen LogP contribution in [0.5, 0.6) is 0 Å². The van der Waals surface area contributed by atoms with Gasteiger partial charge in [-0.05, 0) is 43.2 Å². The SMILES string of the molecule is CC[C@@H]1CN=C(Nc2ccc(/C(C)=N\Nc3nc4ccccc4s3)cc2)S1. The van der Waals surface area contributed by atoms with Gasteiger partial charge in [0.25, 0.3) is 0 Å². The number of thiazole rings is 1. The molecule has 0 spiro atoms. The van der Waals surface area contributed by atoms with Crippen LogP contribution in [-0.4, -0.2) is 27.7 Å². The summed E-state index contributed by atoms with van der Waals surface area (Å²) in [5.41, 5.74) is 7.10. The number of thioether (sulfide) groups is 1. The molecule has 1 aliphatic rings. The molecule has 1 aliphatic heterocycles. The monoisotopic (exact) mass is 395 g/mol. The number of fused-ring (bicyclic) bond motifs is 1. The molecular weight excluding hydrogens is 374 g/mol. The molecule has 27 heavy (non-hydrogen) atoms. The Labute approximate surface area is 167 Å². The largest absolute Gasteiger partial charge is 0.335 e. The molecule has 2 aromatic carbocycles. The lowest BCUT2D eigenvalue weighted by Crippen LogP contribution is -2.07. The number of amidine groups is 1. The minimum Gasteiger partial charge on any atom is -0.335 e. The number of benzene rings is 2.